The molecular formula is C92H58ClN7O4. The highest BCUT2D eigenvalue weighted by Gasteiger charge is 2.25. The van der Waals surface area contributed by atoms with E-state index in [1.807, 2.05) is 140 Å². The van der Waals surface area contributed by atoms with Gasteiger partial charge in [0.25, 0.3) is 0 Å². The van der Waals surface area contributed by atoms with Gasteiger partial charge in [-0.25, -0.2) is 29.9 Å². The third-order valence-electron chi connectivity index (χ3n) is 19.0. The van der Waals surface area contributed by atoms with Gasteiger partial charge in [-0.15, -0.1) is 0 Å². The smallest absolute Gasteiger partial charge is 0.167 e. The van der Waals surface area contributed by atoms with E-state index in [1.54, 1.807) is 18.2 Å². The molecule has 21 aromatic rings. The van der Waals surface area contributed by atoms with Crippen LogP contribution in [0.5, 0.6) is 0 Å². The van der Waals surface area contributed by atoms with E-state index in [2.05, 4.69) is 102 Å². The molecule has 14 aromatic carbocycles. The SMILES string of the molecule is C.[2H]c1c([2H])c([2H])c(-c2nc(-c3cccc4c3oc3ccccc34)nc(-c3cccc4oc5ccc(-n6c7ccccc7c7ccccc76)cc5c34)n2)c([2H])c1[2H].[2H]c1c([2H])c([2H])c(-c2nc(-c3cccc4c3oc3ccccc34)nc(-c3cccc4oc5ccc(Cl)cc5c34)n2)c([2H])c1[2H].c1ccc2c(c1)Cc1ccccc1-2. The van der Waals surface area contributed by atoms with Crippen LogP contribution in [0.15, 0.2) is 333 Å². The largest absolute Gasteiger partial charge is 0.456 e. The maximum absolute atomic E-state index is 8.84. The molecule has 0 N–H and O–H groups in total. The lowest BCUT2D eigenvalue weighted by Gasteiger charge is -2.10. The normalized spacial score (nSPS) is 13.1. The van der Waals surface area contributed by atoms with Gasteiger partial charge in [0.15, 0.2) is 34.9 Å². The van der Waals surface area contributed by atoms with Crippen molar-refractivity contribution in [3.05, 3.63) is 331 Å². The molecule has 0 fully saturated rings. The van der Waals surface area contributed by atoms with Gasteiger partial charge >= 0.3 is 0 Å². The molecule has 0 radical (unpaired) electrons. The second-order valence-corrected chi connectivity index (χ2v) is 25.4. The van der Waals surface area contributed by atoms with Gasteiger partial charge in [0.1, 0.15) is 44.7 Å². The van der Waals surface area contributed by atoms with Gasteiger partial charge in [-0.1, -0.05) is 249 Å². The van der Waals surface area contributed by atoms with E-state index in [-0.39, 0.29) is 53.5 Å². The number of hydrogen-bond acceptors (Lipinski definition) is 10. The fraction of sp³-hybridized carbons (Fsp3) is 0.0217. The maximum Gasteiger partial charge on any atom is 0.167 e. The van der Waals surface area contributed by atoms with E-state index in [0.717, 1.165) is 77.0 Å². The van der Waals surface area contributed by atoms with Crippen molar-refractivity contribution in [1.29, 1.82) is 0 Å². The standard InChI is InChI=1S/C45H26N4O2.C33H18ClN3O2.C13H10.CH4/c1-2-12-27(13-3-1)43-46-44(48-45(47-43)34-19-10-17-32-31-16-6-9-22-38(31)51-42(32)34)33-18-11-23-40-41(33)35-26-28(24-25-39(35)50-40)49-36-20-7-4-14-29(36)30-15-5-8-21-37(30)49;34-20-16-17-27-25(18-20)29-23(12-7-15-28(29)38-27)32-35-31(19-8-2-1-3-9-19)36-33(37-32)24-13-6-11-22-21-10-4-5-14-26(21)39-30(22)24;1-3-7-12-10(5-1)9-11-6-2-4-8-13(11)12;/h1-26H;1-18H;1-8H,9H2;1H4/i1D,2D,3D,12D,13D;1D,2D,3D,8D,9D;;. The topological polar surface area (TPSA) is 135 Å². The number of aromatic nitrogens is 7. The number of para-hydroxylation sites is 6. The first-order valence-electron chi connectivity index (χ1n) is 38.3. The third-order valence-corrected chi connectivity index (χ3v) is 19.2. The molecular weight excluding hydrogens is 1300 g/mol. The summed E-state index contributed by atoms with van der Waals surface area (Å²) in [5.41, 5.74) is 15.9. The summed E-state index contributed by atoms with van der Waals surface area (Å²) in [5.74, 6) is 0.754. The molecule has 22 rings (SSSR count). The zero-order valence-corrected chi connectivity index (χ0v) is 54.9. The highest BCUT2D eigenvalue weighted by molar-refractivity contribution is 6.32. The van der Waals surface area contributed by atoms with Crippen LogP contribution in [0, 0.1) is 0 Å². The van der Waals surface area contributed by atoms with E-state index in [1.165, 1.54) is 22.3 Å². The zero-order chi connectivity index (χ0) is 76.8. The highest BCUT2D eigenvalue weighted by atomic mass is 35.5. The maximum atomic E-state index is 8.84. The van der Waals surface area contributed by atoms with Gasteiger partial charge in [-0.2, -0.15) is 0 Å². The second kappa shape index (κ2) is 25.2. The molecule has 0 bridgehead atoms. The molecule has 104 heavy (non-hydrogen) atoms. The lowest BCUT2D eigenvalue weighted by atomic mass is 10.0. The van der Waals surface area contributed by atoms with Crippen LogP contribution in [0.3, 0.4) is 0 Å². The predicted molar refractivity (Wildman–Crippen MR) is 422 cm³/mol. The van der Waals surface area contributed by atoms with Crippen LogP contribution < -0.4 is 0 Å². The summed E-state index contributed by atoms with van der Waals surface area (Å²) < 4.78 is 112. The van der Waals surface area contributed by atoms with E-state index in [4.69, 9.17) is 72.9 Å². The van der Waals surface area contributed by atoms with Crippen LogP contribution in [0.1, 0.15) is 32.3 Å². The molecule has 1 aliphatic rings. The van der Waals surface area contributed by atoms with E-state index < -0.39 is 60.4 Å². The molecule has 492 valence electrons. The van der Waals surface area contributed by atoms with Crippen LogP contribution in [-0.4, -0.2) is 34.5 Å². The summed E-state index contributed by atoms with van der Waals surface area (Å²) in [6.45, 7) is 0. The molecule has 0 saturated heterocycles. The Morgan fingerprint density at radius 3 is 1.17 bits per heavy atom. The summed E-state index contributed by atoms with van der Waals surface area (Å²) >= 11 is 6.37. The molecule has 7 heterocycles. The van der Waals surface area contributed by atoms with Crippen molar-refractivity contribution >= 4 is 121 Å². The van der Waals surface area contributed by atoms with Crippen molar-refractivity contribution in [2.75, 3.05) is 0 Å². The number of benzene rings is 14. The first-order chi connectivity index (χ1) is 55.1. The van der Waals surface area contributed by atoms with Crippen LogP contribution in [0.2, 0.25) is 5.02 Å². The number of fused-ring (bicyclic) bond motifs is 18. The first kappa shape index (κ1) is 51.5. The van der Waals surface area contributed by atoms with Crippen LogP contribution in [0.25, 0.3) is 195 Å². The molecule has 1 aliphatic carbocycles. The number of nitrogens with zero attached hydrogens (tertiary/aromatic N) is 7. The number of halogens is 1. The van der Waals surface area contributed by atoms with Crippen molar-refractivity contribution < 1.29 is 31.4 Å². The van der Waals surface area contributed by atoms with Crippen LogP contribution in [0.4, 0.5) is 0 Å². The van der Waals surface area contributed by atoms with Crippen molar-refractivity contribution in [3.63, 3.8) is 0 Å². The molecule has 0 amide bonds. The van der Waals surface area contributed by atoms with Gasteiger partial charge in [0, 0.05) is 86.8 Å². The Labute approximate surface area is 614 Å². The highest BCUT2D eigenvalue weighted by Crippen LogP contribution is 2.44. The molecule has 11 nitrogen and oxygen atoms in total. The van der Waals surface area contributed by atoms with E-state index in [0.29, 0.717) is 71.9 Å². The summed E-state index contributed by atoms with van der Waals surface area (Å²) in [6.07, 6.45) is 1.10. The molecule has 0 saturated carbocycles. The molecule has 12 heteroatoms. The van der Waals surface area contributed by atoms with Gasteiger partial charge in [-0.3, -0.25) is 0 Å². The third kappa shape index (κ3) is 10.4. The monoisotopic (exact) mass is 1370 g/mol. The minimum Gasteiger partial charge on any atom is -0.456 e. The molecule has 0 spiro atoms. The van der Waals surface area contributed by atoms with Crippen molar-refractivity contribution in [3.8, 4) is 85.1 Å². The zero-order valence-electron chi connectivity index (χ0n) is 64.1. The fourth-order valence-electron chi connectivity index (χ4n) is 14.4. The minimum absolute atomic E-state index is 0. The number of hydrogen-bond donors (Lipinski definition) is 0. The summed E-state index contributed by atoms with van der Waals surface area (Å²) in [6, 6.07) is 78.8. The number of furan rings is 4. The van der Waals surface area contributed by atoms with Crippen molar-refractivity contribution in [1.82, 2.24) is 34.5 Å². The van der Waals surface area contributed by atoms with Gasteiger partial charge in [0.2, 0.25) is 0 Å². The Morgan fingerprint density at radius 1 is 0.298 bits per heavy atom. The molecule has 0 atom stereocenters. The van der Waals surface area contributed by atoms with Gasteiger partial charge < -0.3 is 22.2 Å². The molecule has 7 aromatic heterocycles. The Morgan fingerprint density at radius 2 is 0.663 bits per heavy atom. The summed E-state index contributed by atoms with van der Waals surface area (Å²) in [7, 11) is 0. The Kier molecular flexibility index (Phi) is 12.5. The number of rotatable bonds is 7. The van der Waals surface area contributed by atoms with Crippen molar-refractivity contribution in [2.45, 2.75) is 13.8 Å². The Hall–Kier alpha value is -13.6. The predicted octanol–water partition coefficient (Wildman–Crippen LogP) is 25.0. The fourth-order valence-corrected chi connectivity index (χ4v) is 14.6. The lowest BCUT2D eigenvalue weighted by molar-refractivity contribution is 0.668. The Bertz CT molecular complexity index is 7470. The van der Waals surface area contributed by atoms with Gasteiger partial charge in [0.05, 0.1) is 35.9 Å². The molecule has 0 aliphatic heterocycles. The second-order valence-electron chi connectivity index (χ2n) is 24.9. The average Bonchev–Trinajstić information content (AvgIpc) is 1.56. The minimum atomic E-state index is -0.503. The van der Waals surface area contributed by atoms with E-state index in [9.17, 15) is 0 Å². The Balaban J connectivity index is 0.000000133. The molecule has 0 unspecified atom stereocenters. The van der Waals surface area contributed by atoms with Crippen LogP contribution in [-0.2, 0) is 6.42 Å². The van der Waals surface area contributed by atoms with Crippen molar-refractivity contribution in [2.24, 2.45) is 0 Å². The summed E-state index contributed by atoms with van der Waals surface area (Å²) in [4.78, 5) is 29.1. The average molecular weight is 1370 g/mol. The van der Waals surface area contributed by atoms with E-state index >= 15 is 0 Å². The first-order valence-corrected chi connectivity index (χ1v) is 33.7. The van der Waals surface area contributed by atoms with Crippen LogP contribution >= 0.6 is 11.6 Å². The quantitative estimate of drug-likeness (QED) is 0.152. The van der Waals surface area contributed by atoms with Gasteiger partial charge in [-0.05, 0) is 114 Å². The summed E-state index contributed by atoms with van der Waals surface area (Å²) in [5, 5.41) is 9.49. The lowest BCUT2D eigenvalue weighted by Crippen LogP contribution is -2.00.